The zero-order valence-corrected chi connectivity index (χ0v) is 27.1. The molecule has 0 amide bonds. The number of aryl methyl sites for hydroxylation is 2. The second kappa shape index (κ2) is 21.3. The molecule has 0 atom stereocenters. The van der Waals surface area contributed by atoms with Gasteiger partial charge in [-0.1, -0.05) is 0 Å². The van der Waals surface area contributed by atoms with Crippen molar-refractivity contribution in [2.45, 2.75) is 46.2 Å². The number of esters is 3. The van der Waals surface area contributed by atoms with Crippen LogP contribution in [0.1, 0.15) is 59.8 Å². The number of aromatic nitrogens is 4. The summed E-state index contributed by atoms with van der Waals surface area (Å²) in [6, 6.07) is 0. The molecule has 0 bridgehead atoms. The number of hydrogen-bond acceptors (Lipinski definition) is 12. The summed E-state index contributed by atoms with van der Waals surface area (Å²) in [5.74, 6) is -1.06. The van der Waals surface area contributed by atoms with Crippen LogP contribution in [0.2, 0.25) is 0 Å². The first-order valence-electron chi connectivity index (χ1n) is 13.5. The average Bonchev–Trinajstić information content (AvgIpc) is 3.57. The maximum absolute atomic E-state index is 12.5. The molecule has 2 aromatic rings. The molecular formula is C26H35F9N6O8. The Kier molecular flexibility index (Phi) is 20.2. The van der Waals surface area contributed by atoms with Gasteiger partial charge < -0.3 is 18.9 Å². The van der Waals surface area contributed by atoms with Crippen molar-refractivity contribution < 1.29 is 77.6 Å². The summed E-state index contributed by atoms with van der Waals surface area (Å²) in [6.07, 6.45) is -12.1. The van der Waals surface area contributed by atoms with Gasteiger partial charge in [0.2, 0.25) is 0 Å². The number of alkyl halides is 9. The molecule has 2 rings (SSSR count). The molecule has 0 aliphatic rings. The van der Waals surface area contributed by atoms with Gasteiger partial charge in [-0.25, -0.2) is 14.4 Å². The van der Waals surface area contributed by atoms with Crippen molar-refractivity contribution in [2.75, 3.05) is 33.5 Å². The first-order chi connectivity index (χ1) is 22.5. The molecule has 0 aromatic carbocycles. The fourth-order valence-electron chi connectivity index (χ4n) is 2.91. The maximum atomic E-state index is 12.5. The van der Waals surface area contributed by atoms with Gasteiger partial charge in [0.25, 0.3) is 5.78 Å². The first-order valence-corrected chi connectivity index (χ1v) is 13.5. The van der Waals surface area contributed by atoms with E-state index in [9.17, 15) is 58.7 Å². The van der Waals surface area contributed by atoms with Gasteiger partial charge in [-0.05, 0) is 34.7 Å². The van der Waals surface area contributed by atoms with E-state index in [2.05, 4.69) is 40.4 Å². The summed E-state index contributed by atoms with van der Waals surface area (Å²) in [5, 5.41) is 6.56. The van der Waals surface area contributed by atoms with E-state index in [4.69, 9.17) is 0 Å². The number of ketones is 1. The highest BCUT2D eigenvalue weighted by Gasteiger charge is 2.44. The maximum Gasteiger partial charge on any atom is 0.455 e. The van der Waals surface area contributed by atoms with Crippen molar-refractivity contribution in [2.24, 2.45) is 19.9 Å². The lowest BCUT2D eigenvalue weighted by Crippen LogP contribution is -2.29. The van der Waals surface area contributed by atoms with Crippen LogP contribution in [0.5, 0.6) is 0 Å². The molecule has 0 unspecified atom stereocenters. The molecule has 3 N–H and O–H groups in total. The zero-order valence-electron chi connectivity index (χ0n) is 27.1. The fourth-order valence-corrected chi connectivity index (χ4v) is 2.91. The number of hydrazine groups is 1. The Morgan fingerprint density at radius 3 is 1.67 bits per heavy atom. The van der Waals surface area contributed by atoms with Gasteiger partial charge in [0.15, 0.2) is 11.4 Å². The molecule has 2 heterocycles. The SMILES string of the molecule is CCOC(=O)c1cn(C)nc1C(F)(F)F.CCOC(=O)c1cnn(C)c1C(F)(F)F.CCOC=C(C(=O)OCC)C(=O)C(F)(F)F.CNN. The van der Waals surface area contributed by atoms with Gasteiger partial charge in [-0.15, -0.1) is 0 Å². The van der Waals surface area contributed by atoms with Gasteiger partial charge in [-0.2, -0.15) is 49.7 Å². The van der Waals surface area contributed by atoms with E-state index in [0.717, 1.165) is 24.1 Å². The highest BCUT2D eigenvalue weighted by atomic mass is 19.4. The Morgan fingerprint density at radius 1 is 0.816 bits per heavy atom. The number of halogens is 9. The molecule has 0 fully saturated rings. The van der Waals surface area contributed by atoms with Crippen LogP contribution in [-0.2, 0) is 55.0 Å². The summed E-state index contributed by atoms with van der Waals surface area (Å²) < 4.78 is 130. The molecule has 23 heteroatoms. The number of ether oxygens (including phenoxy) is 4. The molecular weight excluding hydrogens is 695 g/mol. The van der Waals surface area contributed by atoms with Crippen molar-refractivity contribution in [3.8, 4) is 0 Å². The standard InChI is InChI=1S/C9H11F3O4.2C8H9F3N2O2.CH6N2/c1-3-15-5-6(8(14)16-4-2)7(13)9(10,11)12;1-3-15-7(14)5-4-13(2)12-6(5)8(9,10)11;1-3-15-7(14)5-4-12-13(2)6(5)8(9,10)11;1-3-2/h5H,3-4H2,1-2H3;2*4H,3H2,1-2H3;3H,2H2,1H3. The normalized spacial score (nSPS) is 11.4. The molecule has 0 aliphatic carbocycles. The number of Topliss-reactive ketones (excluding diaryl/α,β-unsaturated/α-hetero) is 1. The van der Waals surface area contributed by atoms with Crippen molar-refractivity contribution in [3.63, 3.8) is 0 Å². The third kappa shape index (κ3) is 16.3. The third-order valence-corrected chi connectivity index (χ3v) is 4.66. The molecule has 49 heavy (non-hydrogen) atoms. The highest BCUT2D eigenvalue weighted by molar-refractivity contribution is 6.19. The molecule has 0 aliphatic heterocycles. The van der Waals surface area contributed by atoms with Gasteiger partial charge in [0, 0.05) is 20.3 Å². The molecule has 0 saturated carbocycles. The van der Waals surface area contributed by atoms with E-state index in [0.29, 0.717) is 10.9 Å². The van der Waals surface area contributed by atoms with E-state index in [-0.39, 0.29) is 26.4 Å². The van der Waals surface area contributed by atoms with Crippen LogP contribution in [0.3, 0.4) is 0 Å². The van der Waals surface area contributed by atoms with Gasteiger partial charge in [-0.3, -0.25) is 25.4 Å². The second-order valence-electron chi connectivity index (χ2n) is 8.35. The van der Waals surface area contributed by atoms with Crippen LogP contribution >= 0.6 is 0 Å². The van der Waals surface area contributed by atoms with Crippen LogP contribution < -0.4 is 11.3 Å². The lowest BCUT2D eigenvalue weighted by atomic mass is 10.2. The minimum absolute atomic E-state index is 0.0189. The molecule has 2 aromatic heterocycles. The predicted octanol–water partition coefficient (Wildman–Crippen LogP) is 3.91. The molecule has 14 nitrogen and oxygen atoms in total. The van der Waals surface area contributed by atoms with Crippen molar-refractivity contribution >= 4 is 23.7 Å². The van der Waals surface area contributed by atoms with E-state index in [1.165, 1.54) is 34.7 Å². The second-order valence-corrected chi connectivity index (χ2v) is 8.35. The fraction of sp³-hybridized carbons (Fsp3) is 0.538. The van der Waals surface area contributed by atoms with Crippen molar-refractivity contribution in [1.82, 2.24) is 25.0 Å². The quantitative estimate of drug-likeness (QED) is 0.0438. The summed E-state index contributed by atoms with van der Waals surface area (Å²) in [5.41, 5.74) is -2.35. The van der Waals surface area contributed by atoms with Crippen LogP contribution in [0.4, 0.5) is 39.5 Å². The summed E-state index contributed by atoms with van der Waals surface area (Å²) in [4.78, 5) is 44.2. The Balaban J connectivity index is 0. The minimum atomic E-state index is -5.13. The van der Waals surface area contributed by atoms with Crippen molar-refractivity contribution in [1.29, 1.82) is 0 Å². The number of nitrogens with one attached hydrogen (secondary N) is 1. The molecule has 0 spiro atoms. The number of nitrogens with zero attached hydrogens (tertiary/aromatic N) is 4. The number of hydrogen-bond donors (Lipinski definition) is 2. The Morgan fingerprint density at radius 2 is 1.29 bits per heavy atom. The van der Waals surface area contributed by atoms with Crippen LogP contribution in [0.25, 0.3) is 0 Å². The average molecular weight is 731 g/mol. The summed E-state index contributed by atoms with van der Waals surface area (Å²) in [6.45, 7) is 5.88. The zero-order chi connectivity index (χ0) is 38.8. The predicted molar refractivity (Wildman–Crippen MR) is 149 cm³/mol. The van der Waals surface area contributed by atoms with E-state index >= 15 is 0 Å². The minimum Gasteiger partial charge on any atom is -0.500 e. The molecule has 0 radical (unpaired) electrons. The molecule has 280 valence electrons. The highest BCUT2D eigenvalue weighted by Crippen LogP contribution is 2.32. The van der Waals surface area contributed by atoms with E-state index in [1.54, 1.807) is 7.05 Å². The molecule has 0 saturated heterocycles. The van der Waals surface area contributed by atoms with Crippen LogP contribution in [-0.4, -0.2) is 82.9 Å². The summed E-state index contributed by atoms with van der Waals surface area (Å²) >= 11 is 0. The van der Waals surface area contributed by atoms with Crippen molar-refractivity contribution in [3.05, 3.63) is 46.7 Å². The third-order valence-electron chi connectivity index (χ3n) is 4.66. The van der Waals surface area contributed by atoms with E-state index < -0.39 is 70.3 Å². The monoisotopic (exact) mass is 730 g/mol. The Labute approximate surface area is 273 Å². The lowest BCUT2D eigenvalue weighted by Gasteiger charge is -2.08. The Hall–Kier alpha value is -4.67. The first kappa shape index (κ1) is 46.4. The smallest absolute Gasteiger partial charge is 0.455 e. The number of carbonyl (C=O) groups excluding carboxylic acids is 4. The van der Waals surface area contributed by atoms with Gasteiger partial charge >= 0.3 is 36.4 Å². The van der Waals surface area contributed by atoms with E-state index in [1.807, 2.05) is 0 Å². The van der Waals surface area contributed by atoms with Gasteiger partial charge in [0.1, 0.15) is 23.0 Å². The topological polar surface area (TPSA) is 179 Å². The largest absolute Gasteiger partial charge is 0.500 e. The summed E-state index contributed by atoms with van der Waals surface area (Å²) in [7, 11) is 4.07. The number of carbonyl (C=O) groups is 4. The van der Waals surface area contributed by atoms with Crippen LogP contribution in [0, 0.1) is 0 Å². The number of nitrogens with two attached hydrogens (primary N) is 1. The van der Waals surface area contributed by atoms with Gasteiger partial charge in [0.05, 0.1) is 32.6 Å². The van der Waals surface area contributed by atoms with Crippen LogP contribution in [0.15, 0.2) is 24.2 Å². The Bertz CT molecular complexity index is 1370. The lowest BCUT2D eigenvalue weighted by molar-refractivity contribution is -0.169. The number of rotatable bonds is 9.